The fourth-order valence-electron chi connectivity index (χ4n) is 0. The van der Waals surface area contributed by atoms with Crippen LogP contribution in [0.5, 0.6) is 0 Å². The first kappa shape index (κ1) is 9.85. The molecule has 0 bridgehead atoms. The summed E-state index contributed by atoms with van der Waals surface area (Å²) in [6, 6.07) is 0. The van der Waals surface area contributed by atoms with E-state index in [1.54, 1.807) is 0 Å². The van der Waals surface area contributed by atoms with Gasteiger partial charge in [-0.3, -0.25) is 4.55 Å². The predicted octanol–water partition coefficient (Wildman–Crippen LogP) is -0.223. The molecule has 0 aliphatic rings. The van der Waals surface area contributed by atoms with E-state index in [0.717, 1.165) is 0 Å². The van der Waals surface area contributed by atoms with Crippen LogP contribution < -0.4 is 0 Å². The van der Waals surface area contributed by atoms with Crippen LogP contribution in [0, 0.1) is 10.7 Å². The largest absolute Gasteiger partial charge is 0.360 e. The van der Waals surface area contributed by atoms with E-state index in [9.17, 15) is 8.42 Å². The van der Waals surface area contributed by atoms with Crippen LogP contribution in [-0.2, 0) is 10.1 Å². The first-order valence-electron chi connectivity index (χ1n) is 0.944. The Bertz CT molecular complexity index is 164. The van der Waals surface area contributed by atoms with Crippen molar-refractivity contribution in [3.8, 4) is 5.40 Å². The number of thiocyanates is 1. The lowest BCUT2D eigenvalue weighted by Crippen LogP contribution is -1.87. The summed E-state index contributed by atoms with van der Waals surface area (Å²) >= 11 is 0. The third kappa shape index (κ3) is 10.7. The highest BCUT2D eigenvalue weighted by atomic mass is 35.5. The highest BCUT2D eigenvalue weighted by Gasteiger charge is 1.93. The van der Waals surface area contributed by atoms with E-state index in [1.165, 1.54) is 0 Å². The molecule has 0 saturated carbocycles. The lowest BCUT2D eigenvalue weighted by Gasteiger charge is -1.65. The lowest BCUT2D eigenvalue weighted by molar-refractivity contribution is 0.496. The molecule has 0 atom stereocenters. The molecule has 0 aromatic rings. The third-order valence-corrected chi connectivity index (χ3v) is 0.346. The second kappa shape index (κ2) is 2.80. The molecule has 0 rings (SSSR count). The molecular formula is CH2ClNO3S. The molecule has 0 spiro atoms. The monoisotopic (exact) mass is 143 g/mol. The molecule has 0 heterocycles. The van der Waals surface area contributed by atoms with Crippen molar-refractivity contribution in [2.45, 2.75) is 0 Å². The zero-order valence-electron chi connectivity index (χ0n) is 3.03. The second-order valence-electron chi connectivity index (χ2n) is 0.566. The first-order chi connectivity index (χ1) is 2.56. The van der Waals surface area contributed by atoms with Gasteiger partial charge in [0.2, 0.25) is 5.40 Å². The molecule has 0 amide bonds. The summed E-state index contributed by atoms with van der Waals surface area (Å²) in [5, 5.41) is 7.95. The Kier molecular flexibility index (Phi) is 3.93. The van der Waals surface area contributed by atoms with Crippen LogP contribution in [0.2, 0.25) is 0 Å². The van der Waals surface area contributed by atoms with Crippen molar-refractivity contribution in [1.29, 1.82) is 5.26 Å². The van der Waals surface area contributed by atoms with Gasteiger partial charge in [-0.1, -0.05) is 0 Å². The van der Waals surface area contributed by atoms with E-state index in [1.807, 2.05) is 0 Å². The SMILES string of the molecule is Cl.N#CS(=O)(=O)O. The van der Waals surface area contributed by atoms with Crippen LogP contribution in [-0.4, -0.2) is 13.0 Å². The predicted molar refractivity (Wildman–Crippen MR) is 24.4 cm³/mol. The maximum absolute atomic E-state index is 9.19. The fourth-order valence-corrected chi connectivity index (χ4v) is 0. The molecule has 0 aliphatic heterocycles. The topological polar surface area (TPSA) is 78.2 Å². The number of nitrogens with zero attached hydrogens (tertiary/aromatic N) is 1. The summed E-state index contributed by atoms with van der Waals surface area (Å²) in [4.78, 5) is 0. The average molecular weight is 144 g/mol. The van der Waals surface area contributed by atoms with Crippen molar-refractivity contribution in [3.63, 3.8) is 0 Å². The Morgan fingerprint density at radius 2 is 1.71 bits per heavy atom. The van der Waals surface area contributed by atoms with Gasteiger partial charge in [0.1, 0.15) is 0 Å². The molecule has 0 aliphatic carbocycles. The van der Waals surface area contributed by atoms with Gasteiger partial charge in [-0.15, -0.1) is 12.4 Å². The van der Waals surface area contributed by atoms with Crippen molar-refractivity contribution >= 4 is 22.5 Å². The number of hydrogen-bond acceptors (Lipinski definition) is 3. The third-order valence-electron chi connectivity index (χ3n) is 0.115. The van der Waals surface area contributed by atoms with Gasteiger partial charge in [0, 0.05) is 0 Å². The molecule has 0 radical (unpaired) electrons. The maximum atomic E-state index is 9.19. The van der Waals surface area contributed by atoms with E-state index < -0.39 is 10.1 Å². The summed E-state index contributed by atoms with van der Waals surface area (Å²) in [6.07, 6.45) is 0. The molecule has 0 aromatic carbocycles. The van der Waals surface area contributed by atoms with E-state index in [4.69, 9.17) is 9.81 Å². The van der Waals surface area contributed by atoms with Crippen LogP contribution >= 0.6 is 12.4 Å². The standard InChI is InChI=1S/CHNO3S.ClH/c2-1-6(3,4)5;/h(H,3,4,5);1H. The van der Waals surface area contributed by atoms with E-state index in [-0.39, 0.29) is 12.4 Å². The van der Waals surface area contributed by atoms with Crippen molar-refractivity contribution < 1.29 is 13.0 Å². The molecule has 0 saturated heterocycles. The van der Waals surface area contributed by atoms with E-state index in [2.05, 4.69) is 0 Å². The normalized spacial score (nSPS) is 8.57. The molecule has 0 fully saturated rings. The molecule has 7 heavy (non-hydrogen) atoms. The van der Waals surface area contributed by atoms with Gasteiger partial charge in [-0.2, -0.15) is 13.7 Å². The lowest BCUT2D eigenvalue weighted by atomic mass is 11.8. The molecule has 42 valence electrons. The zero-order chi connectivity index (χ0) is 5.21. The molecular weight excluding hydrogens is 142 g/mol. The Balaban J connectivity index is 0. The van der Waals surface area contributed by atoms with Gasteiger partial charge in [0.05, 0.1) is 0 Å². The Labute approximate surface area is 46.9 Å². The minimum atomic E-state index is -4.36. The molecule has 1 N–H and O–H groups in total. The summed E-state index contributed by atoms with van der Waals surface area (Å²) in [6.45, 7) is 0. The highest BCUT2D eigenvalue weighted by Crippen LogP contribution is 1.68. The summed E-state index contributed by atoms with van der Waals surface area (Å²) in [5.74, 6) is 0. The Hall–Kier alpha value is -0.310. The second-order valence-corrected chi connectivity index (χ2v) is 1.70. The molecule has 0 unspecified atom stereocenters. The van der Waals surface area contributed by atoms with Crippen molar-refractivity contribution in [1.82, 2.24) is 0 Å². The van der Waals surface area contributed by atoms with Crippen molar-refractivity contribution in [2.24, 2.45) is 0 Å². The number of rotatable bonds is 0. The van der Waals surface area contributed by atoms with Crippen LogP contribution in [0.1, 0.15) is 0 Å². The maximum Gasteiger partial charge on any atom is 0.360 e. The van der Waals surface area contributed by atoms with Gasteiger partial charge in [0.15, 0.2) is 0 Å². The smallest absolute Gasteiger partial charge is 0.274 e. The Morgan fingerprint density at radius 1 is 1.57 bits per heavy atom. The highest BCUT2D eigenvalue weighted by molar-refractivity contribution is 7.90. The summed E-state index contributed by atoms with van der Waals surface area (Å²) in [5.41, 5.74) is 0. The average Bonchev–Trinajstić information content (AvgIpc) is 1.35. The minimum Gasteiger partial charge on any atom is -0.274 e. The molecule has 6 heteroatoms. The van der Waals surface area contributed by atoms with E-state index in [0.29, 0.717) is 5.40 Å². The Morgan fingerprint density at radius 3 is 1.71 bits per heavy atom. The summed E-state index contributed by atoms with van der Waals surface area (Å²) < 4.78 is 25.8. The minimum absolute atomic E-state index is 0. The first-order valence-corrected chi connectivity index (χ1v) is 2.38. The molecule has 0 aromatic heterocycles. The van der Waals surface area contributed by atoms with E-state index >= 15 is 0 Å². The summed E-state index contributed by atoms with van der Waals surface area (Å²) in [7, 11) is -4.36. The zero-order valence-corrected chi connectivity index (χ0v) is 4.66. The van der Waals surface area contributed by atoms with Crippen LogP contribution in [0.15, 0.2) is 0 Å². The van der Waals surface area contributed by atoms with Crippen LogP contribution in [0.3, 0.4) is 0 Å². The van der Waals surface area contributed by atoms with Crippen molar-refractivity contribution in [2.75, 3.05) is 0 Å². The number of nitriles is 1. The quantitative estimate of drug-likeness (QED) is 0.289. The molecule has 4 nitrogen and oxygen atoms in total. The van der Waals surface area contributed by atoms with Crippen LogP contribution in [0.4, 0.5) is 0 Å². The van der Waals surface area contributed by atoms with Gasteiger partial charge in [-0.05, 0) is 0 Å². The van der Waals surface area contributed by atoms with Crippen LogP contribution in [0.25, 0.3) is 0 Å². The van der Waals surface area contributed by atoms with Gasteiger partial charge >= 0.3 is 10.1 Å². The number of halogens is 1. The van der Waals surface area contributed by atoms with Gasteiger partial charge < -0.3 is 0 Å². The fraction of sp³-hybridized carbons (Fsp3) is 0. The number of hydrogen-bond donors (Lipinski definition) is 1. The van der Waals surface area contributed by atoms with Gasteiger partial charge in [0.25, 0.3) is 0 Å². The van der Waals surface area contributed by atoms with Gasteiger partial charge in [-0.25, -0.2) is 0 Å². The van der Waals surface area contributed by atoms with Crippen molar-refractivity contribution in [3.05, 3.63) is 0 Å².